The van der Waals surface area contributed by atoms with Crippen LogP contribution in [-0.2, 0) is 9.47 Å². The topological polar surface area (TPSA) is 46.6 Å². The van der Waals surface area contributed by atoms with Gasteiger partial charge in [0.2, 0.25) is 0 Å². The van der Waals surface area contributed by atoms with Crippen molar-refractivity contribution in [2.75, 3.05) is 14.2 Å². The summed E-state index contributed by atoms with van der Waals surface area (Å²) < 4.78 is 9.88. The van der Waals surface area contributed by atoms with Crippen LogP contribution in [-0.4, -0.2) is 20.5 Å². The van der Waals surface area contributed by atoms with Gasteiger partial charge in [0.05, 0.1) is 12.6 Å². The summed E-state index contributed by atoms with van der Waals surface area (Å²) >= 11 is 0. The number of nitrogens with zero attached hydrogens (tertiary/aromatic N) is 2. The molecule has 0 spiro atoms. The van der Waals surface area contributed by atoms with Gasteiger partial charge in [-0.3, -0.25) is 0 Å². The highest BCUT2D eigenvalue weighted by Gasteiger charge is 2.09. The monoisotopic (exact) mass is 180 g/mol. The van der Waals surface area contributed by atoms with Crippen LogP contribution in [0.2, 0.25) is 0 Å². The fourth-order valence-electron chi connectivity index (χ4n) is 0.825. The SMILES string of the molecule is [C-]#[N+]/C(C#N)=C(\C)CC(OC)OC. The number of allylic oxidation sites excluding steroid dienone is 1. The fourth-order valence-corrected chi connectivity index (χ4v) is 0.825. The molecule has 0 rings (SSSR count). The van der Waals surface area contributed by atoms with Gasteiger partial charge in [-0.05, 0) is 0 Å². The van der Waals surface area contributed by atoms with E-state index in [0.29, 0.717) is 12.0 Å². The van der Waals surface area contributed by atoms with E-state index in [1.165, 1.54) is 14.2 Å². The molecular formula is C9H12N2O2. The molecule has 0 aliphatic carbocycles. The molecule has 13 heavy (non-hydrogen) atoms. The van der Waals surface area contributed by atoms with E-state index in [4.69, 9.17) is 21.3 Å². The van der Waals surface area contributed by atoms with Crippen LogP contribution in [0.25, 0.3) is 4.85 Å². The highest BCUT2D eigenvalue weighted by Crippen LogP contribution is 2.13. The molecule has 4 nitrogen and oxygen atoms in total. The molecule has 70 valence electrons. The molecule has 0 unspecified atom stereocenters. The molecule has 0 aromatic rings. The van der Waals surface area contributed by atoms with Crippen molar-refractivity contribution < 1.29 is 9.47 Å². The van der Waals surface area contributed by atoms with E-state index in [2.05, 4.69) is 4.85 Å². The molecule has 0 aromatic carbocycles. The Balaban J connectivity index is 4.46. The third-order valence-corrected chi connectivity index (χ3v) is 1.62. The van der Waals surface area contributed by atoms with Crippen LogP contribution in [0.15, 0.2) is 11.3 Å². The molecule has 0 aliphatic heterocycles. The molecule has 0 amide bonds. The highest BCUT2D eigenvalue weighted by molar-refractivity contribution is 5.32. The maximum atomic E-state index is 8.55. The minimum absolute atomic E-state index is 0.110. The predicted octanol–water partition coefficient (Wildman–Crippen LogP) is 1.71. The highest BCUT2D eigenvalue weighted by atomic mass is 16.7. The quantitative estimate of drug-likeness (QED) is 0.376. The summed E-state index contributed by atoms with van der Waals surface area (Å²) in [6.45, 7) is 8.44. The summed E-state index contributed by atoms with van der Waals surface area (Å²) in [4.78, 5) is 3.09. The van der Waals surface area contributed by atoms with E-state index in [1.807, 2.05) is 6.07 Å². The van der Waals surface area contributed by atoms with Crippen molar-refractivity contribution in [3.8, 4) is 6.07 Å². The average molecular weight is 180 g/mol. The average Bonchev–Trinajstić information content (AvgIpc) is 2.16. The molecule has 0 saturated carbocycles. The molecule has 0 radical (unpaired) electrons. The second kappa shape index (κ2) is 6.19. The smallest absolute Gasteiger partial charge is 0.261 e. The summed E-state index contributed by atoms with van der Waals surface area (Å²) in [5, 5.41) is 8.55. The van der Waals surface area contributed by atoms with Crippen LogP contribution in [0.3, 0.4) is 0 Å². The van der Waals surface area contributed by atoms with Gasteiger partial charge in [0.15, 0.2) is 6.29 Å². The van der Waals surface area contributed by atoms with Gasteiger partial charge in [-0.15, -0.1) is 0 Å². The number of ether oxygens (including phenoxy) is 2. The van der Waals surface area contributed by atoms with Gasteiger partial charge < -0.3 is 9.47 Å². The summed E-state index contributed by atoms with van der Waals surface area (Å²) in [7, 11) is 3.04. The Labute approximate surface area is 78.2 Å². The number of nitriles is 1. The molecule has 4 heteroatoms. The summed E-state index contributed by atoms with van der Waals surface area (Å²) in [5.41, 5.74) is 0.797. The van der Waals surface area contributed by atoms with E-state index >= 15 is 0 Å². The van der Waals surface area contributed by atoms with Gasteiger partial charge in [0, 0.05) is 20.6 Å². The lowest BCUT2D eigenvalue weighted by Gasteiger charge is -2.13. The summed E-state index contributed by atoms with van der Waals surface area (Å²) in [6, 6.07) is 1.82. The van der Waals surface area contributed by atoms with Crippen LogP contribution >= 0.6 is 0 Å². The van der Waals surface area contributed by atoms with E-state index in [9.17, 15) is 0 Å². The van der Waals surface area contributed by atoms with Crippen molar-refractivity contribution in [3.05, 3.63) is 22.7 Å². The largest absolute Gasteiger partial charge is 0.356 e. The van der Waals surface area contributed by atoms with E-state index in [0.717, 1.165) is 0 Å². The van der Waals surface area contributed by atoms with Gasteiger partial charge in [0.1, 0.15) is 0 Å². The fraction of sp³-hybridized carbons (Fsp3) is 0.556. The molecule has 0 bridgehead atoms. The Bertz CT molecular complexity index is 250. The Kier molecular flexibility index (Phi) is 5.54. The lowest BCUT2D eigenvalue weighted by molar-refractivity contribution is -0.100. The van der Waals surface area contributed by atoms with Crippen LogP contribution < -0.4 is 0 Å². The first-order chi connectivity index (χ1) is 6.19. The van der Waals surface area contributed by atoms with Crippen molar-refractivity contribution >= 4 is 0 Å². The van der Waals surface area contributed by atoms with E-state index in [1.54, 1.807) is 6.92 Å². The summed E-state index contributed by atoms with van der Waals surface area (Å²) in [6.07, 6.45) is 0.0586. The molecule has 0 atom stereocenters. The minimum atomic E-state index is -0.384. The van der Waals surface area contributed by atoms with Crippen LogP contribution in [0.1, 0.15) is 13.3 Å². The van der Waals surface area contributed by atoms with E-state index in [-0.39, 0.29) is 12.0 Å². The van der Waals surface area contributed by atoms with Crippen molar-refractivity contribution in [1.29, 1.82) is 5.26 Å². The number of rotatable bonds is 4. The normalized spacial score (nSPS) is 11.8. The van der Waals surface area contributed by atoms with Crippen molar-refractivity contribution in [1.82, 2.24) is 0 Å². The number of methoxy groups -OCH3 is 2. The lowest BCUT2D eigenvalue weighted by atomic mass is 10.1. The number of hydrogen-bond donors (Lipinski definition) is 0. The van der Waals surface area contributed by atoms with Gasteiger partial charge in [-0.2, -0.15) is 0 Å². The van der Waals surface area contributed by atoms with Crippen molar-refractivity contribution in [3.63, 3.8) is 0 Å². The molecular weight excluding hydrogens is 168 g/mol. The van der Waals surface area contributed by atoms with Gasteiger partial charge in [-0.1, -0.05) is 12.5 Å². The van der Waals surface area contributed by atoms with Crippen LogP contribution in [0.4, 0.5) is 0 Å². The molecule has 0 fully saturated rings. The molecule has 0 N–H and O–H groups in total. The molecule has 0 aromatic heterocycles. The van der Waals surface area contributed by atoms with Crippen molar-refractivity contribution in [2.24, 2.45) is 0 Å². The number of hydrogen-bond acceptors (Lipinski definition) is 3. The van der Waals surface area contributed by atoms with Gasteiger partial charge >= 0.3 is 0 Å². The zero-order valence-electron chi connectivity index (χ0n) is 8.00. The molecule has 0 heterocycles. The first-order valence-electron chi connectivity index (χ1n) is 3.72. The maximum absolute atomic E-state index is 8.55. The Hall–Kier alpha value is -1.36. The van der Waals surface area contributed by atoms with Gasteiger partial charge in [-0.25, -0.2) is 10.1 Å². The Morgan fingerprint density at radius 2 is 2.08 bits per heavy atom. The zero-order valence-corrected chi connectivity index (χ0v) is 8.00. The molecule has 0 saturated heterocycles. The standard InChI is InChI=1S/C9H12N2O2/c1-7(8(6-10)11-2)5-9(12-3)13-4/h9H,5H2,1,3-4H3/b8-7+. The minimum Gasteiger partial charge on any atom is -0.356 e. The Morgan fingerprint density at radius 1 is 1.54 bits per heavy atom. The first-order valence-corrected chi connectivity index (χ1v) is 3.72. The lowest BCUT2D eigenvalue weighted by Crippen LogP contribution is -2.13. The van der Waals surface area contributed by atoms with Crippen LogP contribution in [0, 0.1) is 17.9 Å². The Morgan fingerprint density at radius 3 is 2.38 bits per heavy atom. The predicted molar refractivity (Wildman–Crippen MR) is 47.3 cm³/mol. The first kappa shape index (κ1) is 11.6. The third-order valence-electron chi connectivity index (χ3n) is 1.62. The van der Waals surface area contributed by atoms with Crippen molar-refractivity contribution in [2.45, 2.75) is 19.6 Å². The second-order valence-electron chi connectivity index (χ2n) is 2.46. The van der Waals surface area contributed by atoms with Crippen LogP contribution in [0.5, 0.6) is 0 Å². The van der Waals surface area contributed by atoms with Gasteiger partial charge in [0.25, 0.3) is 5.70 Å². The maximum Gasteiger partial charge on any atom is 0.261 e. The second-order valence-corrected chi connectivity index (χ2v) is 2.46. The zero-order chi connectivity index (χ0) is 10.3. The summed E-state index contributed by atoms with van der Waals surface area (Å²) in [5.74, 6) is 0. The molecule has 0 aliphatic rings. The van der Waals surface area contributed by atoms with E-state index < -0.39 is 0 Å². The third kappa shape index (κ3) is 3.71.